The summed E-state index contributed by atoms with van der Waals surface area (Å²) in [7, 11) is 0. The molecule has 1 aromatic carbocycles. The normalized spacial score (nSPS) is 20.3. The maximum atomic E-state index is 11.4. The van der Waals surface area contributed by atoms with Crippen LogP contribution in [0.1, 0.15) is 29.3 Å². The van der Waals surface area contributed by atoms with Crippen molar-refractivity contribution in [3.05, 3.63) is 52.2 Å². The maximum absolute atomic E-state index is 11.4. The average molecular weight is 348 g/mol. The van der Waals surface area contributed by atoms with Gasteiger partial charge in [0.2, 0.25) is 0 Å². The second-order valence-electron chi connectivity index (χ2n) is 5.86. The third kappa shape index (κ3) is 3.79. The number of benzene rings is 1. The molecule has 23 heavy (non-hydrogen) atoms. The highest BCUT2D eigenvalue weighted by Crippen LogP contribution is 2.35. The summed E-state index contributed by atoms with van der Waals surface area (Å²) in [6.45, 7) is 1.58. The van der Waals surface area contributed by atoms with Crippen molar-refractivity contribution >= 4 is 29.1 Å². The number of nitrogens with zero attached hydrogens (tertiary/aromatic N) is 1. The Morgan fingerprint density at radius 2 is 2.13 bits per heavy atom. The van der Waals surface area contributed by atoms with Gasteiger partial charge in [-0.15, -0.1) is 23.1 Å². The van der Waals surface area contributed by atoms with Crippen LogP contribution in [0.25, 0.3) is 0 Å². The van der Waals surface area contributed by atoms with Crippen molar-refractivity contribution in [3.8, 4) is 0 Å². The van der Waals surface area contributed by atoms with Gasteiger partial charge in [-0.25, -0.2) is 0 Å². The summed E-state index contributed by atoms with van der Waals surface area (Å²) in [4.78, 5) is 16.3. The van der Waals surface area contributed by atoms with Crippen molar-refractivity contribution in [1.29, 1.82) is 0 Å². The fourth-order valence-corrected chi connectivity index (χ4v) is 4.52. The molecule has 0 spiro atoms. The van der Waals surface area contributed by atoms with Crippen LogP contribution in [0.3, 0.4) is 0 Å². The molecule has 3 rings (SSSR count). The molecule has 0 saturated carbocycles. The van der Waals surface area contributed by atoms with E-state index in [9.17, 15) is 9.90 Å². The highest BCUT2D eigenvalue weighted by molar-refractivity contribution is 7.98. The Kier molecular flexibility index (Phi) is 5.41. The third-order valence-corrected chi connectivity index (χ3v) is 6.08. The van der Waals surface area contributed by atoms with E-state index < -0.39 is 5.97 Å². The van der Waals surface area contributed by atoms with Gasteiger partial charge >= 0.3 is 5.97 Å². The van der Waals surface area contributed by atoms with Crippen molar-refractivity contribution in [1.82, 2.24) is 4.90 Å². The van der Waals surface area contributed by atoms with Crippen LogP contribution in [0.5, 0.6) is 0 Å². The van der Waals surface area contributed by atoms with E-state index in [0.717, 1.165) is 19.4 Å². The Morgan fingerprint density at radius 3 is 2.74 bits per heavy atom. The molecule has 0 aliphatic carbocycles. The predicted molar refractivity (Wildman–Crippen MR) is 96.3 cm³/mol. The van der Waals surface area contributed by atoms with Gasteiger partial charge in [-0.2, -0.15) is 0 Å². The zero-order chi connectivity index (χ0) is 16.2. The Morgan fingerprint density at radius 1 is 1.35 bits per heavy atom. The fraction of sp³-hybridized carbons (Fsp3) is 0.389. The number of carboxylic acids is 1. The summed E-state index contributed by atoms with van der Waals surface area (Å²) in [6.07, 6.45) is 3.81. The molecule has 1 aliphatic heterocycles. The summed E-state index contributed by atoms with van der Waals surface area (Å²) < 4.78 is 0. The first kappa shape index (κ1) is 16.6. The first-order valence-electron chi connectivity index (χ1n) is 7.83. The Hall–Kier alpha value is -1.30. The Balaban J connectivity index is 1.90. The van der Waals surface area contributed by atoms with E-state index in [-0.39, 0.29) is 12.0 Å². The standard InChI is InChI=1S/C18H21NO2S2/c1-22-15-8-6-13(7-9-15)17(16-5-3-11-23-16)19-10-2-4-14(12-19)18(20)21/h3,5-9,11,14,17H,2,4,10,12H2,1H3,(H,20,21). The number of thiophene rings is 1. The number of hydrogen-bond donors (Lipinski definition) is 1. The predicted octanol–water partition coefficient (Wildman–Crippen LogP) is 4.36. The monoisotopic (exact) mass is 347 g/mol. The minimum atomic E-state index is -0.669. The molecule has 2 aromatic rings. The number of aliphatic carboxylic acids is 1. The van der Waals surface area contributed by atoms with Gasteiger partial charge in [0.15, 0.2) is 0 Å². The summed E-state index contributed by atoms with van der Waals surface area (Å²) in [5, 5.41) is 11.5. The number of thioether (sulfide) groups is 1. The molecular formula is C18H21NO2S2. The molecule has 3 nitrogen and oxygen atoms in total. The molecule has 0 radical (unpaired) electrons. The molecule has 1 aromatic heterocycles. The van der Waals surface area contributed by atoms with Crippen molar-refractivity contribution in [2.24, 2.45) is 5.92 Å². The van der Waals surface area contributed by atoms with Crippen LogP contribution in [0, 0.1) is 5.92 Å². The number of rotatable bonds is 5. The molecule has 1 aliphatic rings. The smallest absolute Gasteiger partial charge is 0.307 e. The molecule has 1 fully saturated rings. The van der Waals surface area contributed by atoms with Crippen molar-refractivity contribution in [2.45, 2.75) is 23.8 Å². The topological polar surface area (TPSA) is 40.5 Å². The second kappa shape index (κ2) is 7.51. The van der Waals surface area contributed by atoms with Crippen LogP contribution in [-0.4, -0.2) is 35.3 Å². The Bertz CT molecular complexity index is 640. The van der Waals surface area contributed by atoms with Crippen LogP contribution >= 0.6 is 23.1 Å². The van der Waals surface area contributed by atoms with Gasteiger partial charge in [-0.3, -0.25) is 9.69 Å². The van der Waals surface area contributed by atoms with Gasteiger partial charge in [0.1, 0.15) is 0 Å². The van der Waals surface area contributed by atoms with Crippen LogP contribution in [-0.2, 0) is 4.79 Å². The van der Waals surface area contributed by atoms with Gasteiger partial charge in [-0.1, -0.05) is 18.2 Å². The summed E-state index contributed by atoms with van der Waals surface area (Å²) in [6, 6.07) is 13.1. The minimum Gasteiger partial charge on any atom is -0.481 e. The lowest BCUT2D eigenvalue weighted by molar-refractivity contribution is -0.143. The number of piperidine rings is 1. The van der Waals surface area contributed by atoms with Crippen LogP contribution in [0.4, 0.5) is 0 Å². The van der Waals surface area contributed by atoms with E-state index in [1.807, 2.05) is 0 Å². The van der Waals surface area contributed by atoms with Gasteiger partial charge < -0.3 is 5.11 Å². The van der Waals surface area contributed by atoms with Crippen LogP contribution in [0.15, 0.2) is 46.7 Å². The third-order valence-electron chi connectivity index (χ3n) is 4.41. The van der Waals surface area contributed by atoms with E-state index in [0.29, 0.717) is 6.54 Å². The SMILES string of the molecule is CSc1ccc(C(c2cccs2)N2CCCC(C(=O)O)C2)cc1. The molecule has 2 unspecified atom stereocenters. The molecule has 2 atom stereocenters. The van der Waals surface area contributed by atoms with Crippen molar-refractivity contribution in [3.63, 3.8) is 0 Å². The van der Waals surface area contributed by atoms with Crippen molar-refractivity contribution in [2.75, 3.05) is 19.3 Å². The molecular weight excluding hydrogens is 326 g/mol. The fourth-order valence-electron chi connectivity index (χ4n) is 3.23. The highest BCUT2D eigenvalue weighted by atomic mass is 32.2. The van der Waals surface area contributed by atoms with Gasteiger partial charge in [0, 0.05) is 16.3 Å². The lowest BCUT2D eigenvalue weighted by Crippen LogP contribution is -2.41. The van der Waals surface area contributed by atoms with E-state index in [1.54, 1.807) is 23.1 Å². The van der Waals surface area contributed by atoms with Gasteiger partial charge in [-0.05, 0) is 54.8 Å². The second-order valence-corrected chi connectivity index (χ2v) is 7.72. The quantitative estimate of drug-likeness (QED) is 0.816. The lowest BCUT2D eigenvalue weighted by Gasteiger charge is -2.37. The summed E-state index contributed by atoms with van der Waals surface area (Å²) in [5.74, 6) is -0.922. The number of likely N-dealkylation sites (tertiary alicyclic amines) is 1. The van der Waals surface area contributed by atoms with Gasteiger partial charge in [0.05, 0.1) is 12.0 Å². The highest BCUT2D eigenvalue weighted by Gasteiger charge is 2.31. The molecule has 0 amide bonds. The number of hydrogen-bond acceptors (Lipinski definition) is 4. The van der Waals surface area contributed by atoms with E-state index in [4.69, 9.17) is 0 Å². The van der Waals surface area contributed by atoms with E-state index >= 15 is 0 Å². The number of carboxylic acid groups (broad SMARTS) is 1. The zero-order valence-corrected chi connectivity index (χ0v) is 14.8. The molecule has 5 heteroatoms. The van der Waals surface area contributed by atoms with Gasteiger partial charge in [0.25, 0.3) is 0 Å². The van der Waals surface area contributed by atoms with E-state index in [1.165, 1.54) is 15.3 Å². The van der Waals surface area contributed by atoms with Crippen LogP contribution in [0.2, 0.25) is 0 Å². The molecule has 0 bridgehead atoms. The molecule has 2 heterocycles. The molecule has 1 N–H and O–H groups in total. The summed E-state index contributed by atoms with van der Waals surface area (Å²) in [5.41, 5.74) is 1.25. The average Bonchev–Trinajstić information content (AvgIpc) is 3.10. The Labute approximate surface area is 145 Å². The summed E-state index contributed by atoms with van der Waals surface area (Å²) >= 11 is 3.48. The van der Waals surface area contributed by atoms with Crippen LogP contribution < -0.4 is 0 Å². The first-order chi connectivity index (χ1) is 11.2. The lowest BCUT2D eigenvalue weighted by atomic mass is 9.94. The van der Waals surface area contributed by atoms with Crippen molar-refractivity contribution < 1.29 is 9.90 Å². The van der Waals surface area contributed by atoms with E-state index in [2.05, 4.69) is 52.9 Å². The first-order valence-corrected chi connectivity index (χ1v) is 9.93. The largest absolute Gasteiger partial charge is 0.481 e. The molecule has 122 valence electrons. The minimum absolute atomic E-state index is 0.160. The molecule has 1 saturated heterocycles. The zero-order valence-electron chi connectivity index (χ0n) is 13.1. The number of carbonyl (C=O) groups is 1. The maximum Gasteiger partial charge on any atom is 0.307 e.